The van der Waals surface area contributed by atoms with Gasteiger partial charge in [-0.05, 0) is 42.8 Å². The SMILES string of the molecule is Cc1nc(NCc2ccc(Cl)cc2)cc(Nc2cccc(F)c2)n1. The number of hydrogen-bond acceptors (Lipinski definition) is 4. The maximum absolute atomic E-state index is 13.3. The molecular weight excluding hydrogens is 327 g/mol. The molecule has 24 heavy (non-hydrogen) atoms. The van der Waals surface area contributed by atoms with Gasteiger partial charge in [-0.1, -0.05) is 29.8 Å². The Hall–Kier alpha value is -2.66. The van der Waals surface area contributed by atoms with Gasteiger partial charge in [-0.25, -0.2) is 14.4 Å². The van der Waals surface area contributed by atoms with Crippen molar-refractivity contribution in [2.45, 2.75) is 13.5 Å². The van der Waals surface area contributed by atoms with Gasteiger partial charge in [0.2, 0.25) is 0 Å². The quantitative estimate of drug-likeness (QED) is 0.690. The van der Waals surface area contributed by atoms with Crippen molar-refractivity contribution in [1.29, 1.82) is 0 Å². The molecule has 0 saturated carbocycles. The lowest BCUT2D eigenvalue weighted by Crippen LogP contribution is -2.05. The monoisotopic (exact) mass is 342 g/mol. The van der Waals surface area contributed by atoms with Crippen molar-refractivity contribution < 1.29 is 4.39 Å². The van der Waals surface area contributed by atoms with Crippen LogP contribution in [0.2, 0.25) is 5.02 Å². The summed E-state index contributed by atoms with van der Waals surface area (Å²) < 4.78 is 13.3. The molecule has 0 aliphatic heterocycles. The zero-order chi connectivity index (χ0) is 16.9. The van der Waals surface area contributed by atoms with Gasteiger partial charge in [0.05, 0.1) is 0 Å². The highest BCUT2D eigenvalue weighted by Gasteiger charge is 2.04. The lowest BCUT2D eigenvalue weighted by molar-refractivity contribution is 0.628. The third-order valence-corrected chi connectivity index (χ3v) is 3.57. The van der Waals surface area contributed by atoms with Crippen molar-refractivity contribution in [1.82, 2.24) is 9.97 Å². The lowest BCUT2D eigenvalue weighted by atomic mass is 10.2. The highest BCUT2D eigenvalue weighted by Crippen LogP contribution is 2.19. The molecule has 3 aromatic rings. The lowest BCUT2D eigenvalue weighted by Gasteiger charge is -2.10. The van der Waals surface area contributed by atoms with E-state index in [0.29, 0.717) is 34.7 Å². The number of anilines is 3. The van der Waals surface area contributed by atoms with Gasteiger partial charge in [0.1, 0.15) is 23.3 Å². The summed E-state index contributed by atoms with van der Waals surface area (Å²) in [4.78, 5) is 8.69. The van der Waals surface area contributed by atoms with Crippen LogP contribution in [0.1, 0.15) is 11.4 Å². The van der Waals surface area contributed by atoms with Crippen molar-refractivity contribution in [3.8, 4) is 0 Å². The van der Waals surface area contributed by atoms with Crippen molar-refractivity contribution >= 4 is 28.9 Å². The molecule has 0 fully saturated rings. The van der Waals surface area contributed by atoms with E-state index < -0.39 is 0 Å². The molecule has 0 aliphatic rings. The molecule has 122 valence electrons. The highest BCUT2D eigenvalue weighted by molar-refractivity contribution is 6.30. The van der Waals surface area contributed by atoms with E-state index in [1.54, 1.807) is 18.2 Å². The van der Waals surface area contributed by atoms with Crippen LogP contribution in [-0.4, -0.2) is 9.97 Å². The van der Waals surface area contributed by atoms with Crippen LogP contribution in [0.3, 0.4) is 0 Å². The van der Waals surface area contributed by atoms with Gasteiger partial charge in [0.25, 0.3) is 0 Å². The molecular formula is C18H16ClFN4. The second-order valence-electron chi connectivity index (χ2n) is 5.30. The van der Waals surface area contributed by atoms with Crippen LogP contribution < -0.4 is 10.6 Å². The number of hydrogen-bond donors (Lipinski definition) is 2. The molecule has 0 aliphatic carbocycles. The minimum Gasteiger partial charge on any atom is -0.366 e. The zero-order valence-corrected chi connectivity index (χ0v) is 13.8. The van der Waals surface area contributed by atoms with Gasteiger partial charge in [0, 0.05) is 23.3 Å². The molecule has 1 heterocycles. The minimum atomic E-state index is -0.299. The van der Waals surface area contributed by atoms with Gasteiger partial charge in [-0.3, -0.25) is 0 Å². The van der Waals surface area contributed by atoms with Crippen LogP contribution >= 0.6 is 11.6 Å². The summed E-state index contributed by atoms with van der Waals surface area (Å²) in [5, 5.41) is 7.04. The molecule has 0 saturated heterocycles. The highest BCUT2D eigenvalue weighted by atomic mass is 35.5. The van der Waals surface area contributed by atoms with E-state index in [0.717, 1.165) is 5.56 Å². The fraction of sp³-hybridized carbons (Fsp3) is 0.111. The number of rotatable bonds is 5. The molecule has 4 nitrogen and oxygen atoms in total. The summed E-state index contributed by atoms with van der Waals surface area (Å²) >= 11 is 5.88. The first-order chi connectivity index (χ1) is 11.6. The van der Waals surface area contributed by atoms with Crippen LogP contribution in [0.4, 0.5) is 21.7 Å². The van der Waals surface area contributed by atoms with E-state index in [2.05, 4.69) is 20.6 Å². The van der Waals surface area contributed by atoms with Gasteiger partial charge < -0.3 is 10.6 Å². The molecule has 2 aromatic carbocycles. The van der Waals surface area contributed by atoms with Crippen LogP contribution in [0, 0.1) is 12.7 Å². The van der Waals surface area contributed by atoms with Crippen molar-refractivity contribution in [2.24, 2.45) is 0 Å². The van der Waals surface area contributed by atoms with Gasteiger partial charge >= 0.3 is 0 Å². The van der Waals surface area contributed by atoms with E-state index in [1.807, 2.05) is 31.2 Å². The average molecular weight is 343 g/mol. The van der Waals surface area contributed by atoms with E-state index in [-0.39, 0.29) is 5.82 Å². The molecule has 3 rings (SSSR count). The topological polar surface area (TPSA) is 49.8 Å². The summed E-state index contributed by atoms with van der Waals surface area (Å²) in [5.41, 5.74) is 1.73. The number of aromatic nitrogens is 2. The fourth-order valence-electron chi connectivity index (χ4n) is 2.23. The molecule has 0 atom stereocenters. The van der Waals surface area contributed by atoms with Gasteiger partial charge in [0.15, 0.2) is 0 Å². The van der Waals surface area contributed by atoms with E-state index in [9.17, 15) is 4.39 Å². The summed E-state index contributed by atoms with van der Waals surface area (Å²) in [6.45, 7) is 2.43. The smallest absolute Gasteiger partial charge is 0.136 e. The first kappa shape index (κ1) is 16.2. The Kier molecular flexibility index (Phi) is 4.91. The van der Waals surface area contributed by atoms with Crippen molar-refractivity contribution in [2.75, 3.05) is 10.6 Å². The first-order valence-electron chi connectivity index (χ1n) is 7.45. The number of benzene rings is 2. The Morgan fingerprint density at radius 3 is 2.50 bits per heavy atom. The van der Waals surface area contributed by atoms with Gasteiger partial charge in [-0.2, -0.15) is 0 Å². The van der Waals surface area contributed by atoms with Crippen LogP contribution in [0.25, 0.3) is 0 Å². The second kappa shape index (κ2) is 7.27. The third-order valence-electron chi connectivity index (χ3n) is 3.32. The number of halogens is 2. The summed E-state index contributed by atoms with van der Waals surface area (Å²) in [5.74, 6) is 1.62. The van der Waals surface area contributed by atoms with E-state index in [4.69, 9.17) is 11.6 Å². The van der Waals surface area contributed by atoms with Crippen LogP contribution in [0.15, 0.2) is 54.6 Å². The average Bonchev–Trinajstić information content (AvgIpc) is 2.54. The van der Waals surface area contributed by atoms with Crippen LogP contribution in [-0.2, 0) is 6.54 Å². The van der Waals surface area contributed by atoms with E-state index in [1.165, 1.54) is 12.1 Å². The Bertz CT molecular complexity index is 837. The maximum atomic E-state index is 13.3. The predicted octanol–water partition coefficient (Wildman–Crippen LogP) is 4.93. The number of aryl methyl sites for hydroxylation is 1. The second-order valence-corrected chi connectivity index (χ2v) is 5.74. The molecule has 0 radical (unpaired) electrons. The molecule has 0 bridgehead atoms. The predicted molar refractivity (Wildman–Crippen MR) is 95.2 cm³/mol. The molecule has 1 aromatic heterocycles. The summed E-state index contributed by atoms with van der Waals surface area (Å²) in [7, 11) is 0. The van der Waals surface area contributed by atoms with E-state index >= 15 is 0 Å². The number of nitrogens with one attached hydrogen (secondary N) is 2. The fourth-order valence-corrected chi connectivity index (χ4v) is 2.36. The summed E-state index contributed by atoms with van der Waals surface area (Å²) in [6, 6.07) is 15.6. The summed E-state index contributed by atoms with van der Waals surface area (Å²) in [6.07, 6.45) is 0. The Morgan fingerprint density at radius 1 is 1.00 bits per heavy atom. The Labute approximate surface area is 144 Å². The minimum absolute atomic E-state index is 0.299. The Balaban J connectivity index is 1.72. The van der Waals surface area contributed by atoms with Gasteiger partial charge in [-0.15, -0.1) is 0 Å². The zero-order valence-electron chi connectivity index (χ0n) is 13.1. The first-order valence-corrected chi connectivity index (χ1v) is 7.83. The Morgan fingerprint density at radius 2 is 1.75 bits per heavy atom. The molecule has 0 amide bonds. The number of nitrogens with zero attached hydrogens (tertiary/aromatic N) is 2. The maximum Gasteiger partial charge on any atom is 0.136 e. The molecule has 0 unspecified atom stereocenters. The largest absolute Gasteiger partial charge is 0.366 e. The normalized spacial score (nSPS) is 10.5. The molecule has 2 N–H and O–H groups in total. The molecule has 0 spiro atoms. The standard InChI is InChI=1S/C18H16ClFN4/c1-12-22-17(21-11-13-5-7-14(19)8-6-13)10-18(23-12)24-16-4-2-3-15(20)9-16/h2-10H,11H2,1H3,(H2,21,22,23,24). The van der Waals surface area contributed by atoms with Crippen molar-refractivity contribution in [3.63, 3.8) is 0 Å². The van der Waals surface area contributed by atoms with Crippen LogP contribution in [0.5, 0.6) is 0 Å². The van der Waals surface area contributed by atoms with Crippen molar-refractivity contribution in [3.05, 3.63) is 76.8 Å². The molecule has 6 heteroatoms. The third kappa shape index (κ3) is 4.43.